The first kappa shape index (κ1) is 22.9. The number of benzene rings is 2. The van der Waals surface area contributed by atoms with E-state index in [9.17, 15) is 4.79 Å². The Morgan fingerprint density at radius 2 is 2.00 bits per heavy atom. The van der Waals surface area contributed by atoms with Crippen LogP contribution in [0.15, 0.2) is 73.6 Å². The van der Waals surface area contributed by atoms with Crippen molar-refractivity contribution in [3.63, 3.8) is 0 Å². The normalized spacial score (nSPS) is 17.6. The Bertz CT molecular complexity index is 1350. The summed E-state index contributed by atoms with van der Waals surface area (Å²) in [7, 11) is 0. The van der Waals surface area contributed by atoms with Gasteiger partial charge in [-0.25, -0.2) is 9.97 Å². The molecule has 0 spiro atoms. The van der Waals surface area contributed by atoms with Crippen LogP contribution in [0.5, 0.6) is 5.75 Å². The summed E-state index contributed by atoms with van der Waals surface area (Å²) < 4.78 is 6.22. The Balaban J connectivity index is 1.25. The molecule has 1 amide bonds. The molecule has 0 saturated heterocycles. The minimum Gasteiger partial charge on any atom is -0.490 e. The van der Waals surface area contributed by atoms with Gasteiger partial charge in [0.2, 0.25) is 11.9 Å². The van der Waals surface area contributed by atoms with Crippen LogP contribution in [0.2, 0.25) is 5.02 Å². The summed E-state index contributed by atoms with van der Waals surface area (Å²) in [5, 5.41) is 7.80. The molecule has 4 aromatic rings. The number of para-hydroxylation sites is 1. The van der Waals surface area contributed by atoms with Gasteiger partial charge in [0, 0.05) is 40.8 Å². The van der Waals surface area contributed by atoms with E-state index in [1.807, 2.05) is 48.7 Å². The zero-order valence-electron chi connectivity index (χ0n) is 19.1. The fourth-order valence-corrected chi connectivity index (χ4v) is 4.65. The lowest BCUT2D eigenvalue weighted by Crippen LogP contribution is -2.33. The first-order valence-electron chi connectivity index (χ1n) is 11.6. The van der Waals surface area contributed by atoms with E-state index in [0.29, 0.717) is 22.4 Å². The minimum absolute atomic E-state index is 0.0789. The number of ether oxygens (including phenoxy) is 1. The fourth-order valence-electron chi connectivity index (χ4n) is 4.46. The quantitative estimate of drug-likeness (QED) is 0.270. The van der Waals surface area contributed by atoms with Gasteiger partial charge in [0.1, 0.15) is 11.9 Å². The second-order valence-corrected chi connectivity index (χ2v) is 9.01. The number of halogens is 1. The molecule has 178 valence electrons. The average Bonchev–Trinajstić information content (AvgIpc) is 3.30. The number of rotatable bonds is 7. The Labute approximate surface area is 208 Å². The van der Waals surface area contributed by atoms with Crippen LogP contribution >= 0.6 is 11.6 Å². The monoisotopic (exact) mass is 487 g/mol. The van der Waals surface area contributed by atoms with Crippen LogP contribution in [0.4, 0.5) is 11.6 Å². The van der Waals surface area contributed by atoms with E-state index in [1.54, 1.807) is 6.20 Å². The molecule has 0 aliphatic heterocycles. The number of aromatic amines is 1. The third-order valence-electron chi connectivity index (χ3n) is 6.16. The van der Waals surface area contributed by atoms with E-state index in [1.165, 1.54) is 6.08 Å². The Kier molecular flexibility index (Phi) is 6.68. The SMILES string of the molecule is C=CC(=O)Nc1ccc(O[C@@H]2CCC[C@@H](Nc3ncc(Cl)c(-c4c[nH]c5ccccc45)n3)C2)cc1. The van der Waals surface area contributed by atoms with E-state index in [0.717, 1.165) is 47.9 Å². The predicted octanol–water partition coefficient (Wildman–Crippen LogP) is 6.20. The van der Waals surface area contributed by atoms with Gasteiger partial charge in [-0.1, -0.05) is 36.4 Å². The summed E-state index contributed by atoms with van der Waals surface area (Å²) in [6, 6.07) is 15.6. The number of hydrogen-bond acceptors (Lipinski definition) is 5. The van der Waals surface area contributed by atoms with E-state index < -0.39 is 0 Å². The highest BCUT2D eigenvalue weighted by Gasteiger charge is 2.24. The fraction of sp³-hybridized carbons (Fsp3) is 0.222. The van der Waals surface area contributed by atoms with E-state index in [-0.39, 0.29) is 18.1 Å². The van der Waals surface area contributed by atoms with Crippen LogP contribution in [-0.4, -0.2) is 33.0 Å². The third-order valence-corrected chi connectivity index (χ3v) is 6.43. The average molecular weight is 488 g/mol. The molecular formula is C27H26ClN5O2. The van der Waals surface area contributed by atoms with Crippen molar-refractivity contribution in [2.45, 2.75) is 37.8 Å². The second-order valence-electron chi connectivity index (χ2n) is 8.60. The van der Waals surface area contributed by atoms with Crippen molar-refractivity contribution in [3.8, 4) is 17.0 Å². The third kappa shape index (κ3) is 5.30. The Hall–Kier alpha value is -3.84. The number of amides is 1. The van der Waals surface area contributed by atoms with Crippen molar-refractivity contribution in [1.29, 1.82) is 0 Å². The topological polar surface area (TPSA) is 91.9 Å². The van der Waals surface area contributed by atoms with Gasteiger partial charge in [-0.2, -0.15) is 0 Å². The molecule has 1 aliphatic rings. The molecule has 1 saturated carbocycles. The predicted molar refractivity (Wildman–Crippen MR) is 140 cm³/mol. The van der Waals surface area contributed by atoms with Crippen molar-refractivity contribution < 1.29 is 9.53 Å². The zero-order valence-corrected chi connectivity index (χ0v) is 19.9. The van der Waals surface area contributed by atoms with Gasteiger partial charge in [-0.15, -0.1) is 0 Å². The van der Waals surface area contributed by atoms with Crippen molar-refractivity contribution in [2.75, 3.05) is 10.6 Å². The van der Waals surface area contributed by atoms with Crippen LogP contribution in [0.25, 0.3) is 22.2 Å². The zero-order chi connectivity index (χ0) is 24.2. The molecule has 0 unspecified atom stereocenters. The molecule has 3 N–H and O–H groups in total. The van der Waals surface area contributed by atoms with Gasteiger partial charge in [0.15, 0.2) is 0 Å². The number of hydrogen-bond donors (Lipinski definition) is 3. The van der Waals surface area contributed by atoms with Crippen LogP contribution in [0.1, 0.15) is 25.7 Å². The molecule has 5 rings (SSSR count). The van der Waals surface area contributed by atoms with E-state index in [4.69, 9.17) is 21.3 Å². The molecular weight excluding hydrogens is 462 g/mol. The number of aromatic nitrogens is 3. The minimum atomic E-state index is -0.239. The van der Waals surface area contributed by atoms with Crippen molar-refractivity contribution in [1.82, 2.24) is 15.0 Å². The molecule has 35 heavy (non-hydrogen) atoms. The van der Waals surface area contributed by atoms with Gasteiger partial charge in [-0.3, -0.25) is 4.79 Å². The molecule has 2 heterocycles. The van der Waals surface area contributed by atoms with Crippen LogP contribution in [-0.2, 0) is 4.79 Å². The highest BCUT2D eigenvalue weighted by molar-refractivity contribution is 6.33. The first-order chi connectivity index (χ1) is 17.1. The van der Waals surface area contributed by atoms with Crippen molar-refractivity contribution >= 4 is 40.0 Å². The molecule has 0 bridgehead atoms. The number of carbonyl (C=O) groups is 1. The van der Waals surface area contributed by atoms with Gasteiger partial charge in [0.25, 0.3) is 0 Å². The van der Waals surface area contributed by atoms with Crippen LogP contribution in [0, 0.1) is 0 Å². The van der Waals surface area contributed by atoms with E-state index in [2.05, 4.69) is 33.2 Å². The van der Waals surface area contributed by atoms with Crippen LogP contribution in [0.3, 0.4) is 0 Å². The summed E-state index contributed by atoms with van der Waals surface area (Å²) in [5.74, 6) is 1.09. The molecule has 8 heteroatoms. The summed E-state index contributed by atoms with van der Waals surface area (Å²) in [6.45, 7) is 3.46. The first-order valence-corrected chi connectivity index (χ1v) is 12.0. The number of fused-ring (bicyclic) bond motifs is 1. The van der Waals surface area contributed by atoms with Gasteiger partial charge in [0.05, 0.1) is 16.9 Å². The van der Waals surface area contributed by atoms with Crippen molar-refractivity contribution in [2.24, 2.45) is 0 Å². The lowest BCUT2D eigenvalue weighted by molar-refractivity contribution is -0.111. The number of anilines is 2. The molecule has 2 aromatic heterocycles. The lowest BCUT2D eigenvalue weighted by Gasteiger charge is -2.30. The standard InChI is InChI=1S/C27H26ClN5O2/c1-2-25(34)31-17-10-12-19(13-11-17)35-20-7-5-6-18(14-20)32-27-30-16-23(28)26(33-27)22-15-29-24-9-4-3-8-21(22)24/h2-4,8-13,15-16,18,20,29H,1,5-7,14H2,(H,31,34)(H,30,32,33)/t18-,20-/m1/s1. The highest BCUT2D eigenvalue weighted by Crippen LogP contribution is 2.33. The van der Waals surface area contributed by atoms with E-state index >= 15 is 0 Å². The number of H-pyrrole nitrogens is 1. The molecule has 0 radical (unpaired) electrons. The Morgan fingerprint density at radius 3 is 2.83 bits per heavy atom. The molecule has 1 aliphatic carbocycles. The Morgan fingerprint density at radius 1 is 1.17 bits per heavy atom. The molecule has 2 atom stereocenters. The number of nitrogens with one attached hydrogen (secondary N) is 3. The van der Waals surface area contributed by atoms with Gasteiger partial charge >= 0.3 is 0 Å². The number of carbonyl (C=O) groups excluding carboxylic acids is 1. The molecule has 2 aromatic carbocycles. The summed E-state index contributed by atoms with van der Waals surface area (Å²) in [4.78, 5) is 23.9. The lowest BCUT2D eigenvalue weighted by atomic mass is 9.93. The molecule has 1 fully saturated rings. The maximum atomic E-state index is 11.4. The summed E-state index contributed by atoms with van der Waals surface area (Å²) in [5.41, 5.74) is 3.40. The van der Waals surface area contributed by atoms with Gasteiger partial charge in [-0.05, 0) is 55.7 Å². The maximum absolute atomic E-state index is 11.4. The van der Waals surface area contributed by atoms with Gasteiger partial charge < -0.3 is 20.4 Å². The summed E-state index contributed by atoms with van der Waals surface area (Å²) >= 11 is 6.48. The second kappa shape index (κ2) is 10.2. The van der Waals surface area contributed by atoms with Crippen molar-refractivity contribution in [3.05, 3.63) is 78.6 Å². The largest absolute Gasteiger partial charge is 0.490 e. The summed E-state index contributed by atoms with van der Waals surface area (Å²) in [6.07, 6.45) is 8.78. The maximum Gasteiger partial charge on any atom is 0.247 e. The number of nitrogens with zero attached hydrogens (tertiary/aromatic N) is 2. The highest BCUT2D eigenvalue weighted by atomic mass is 35.5. The van der Waals surface area contributed by atoms with Crippen LogP contribution < -0.4 is 15.4 Å². The smallest absolute Gasteiger partial charge is 0.247 e. The molecule has 7 nitrogen and oxygen atoms in total.